The average molecular weight is 236 g/mol. The molecule has 17 heavy (non-hydrogen) atoms. The van der Waals surface area contributed by atoms with Crippen LogP contribution in [0, 0.1) is 23.2 Å². The lowest BCUT2D eigenvalue weighted by Gasteiger charge is -2.47. The van der Waals surface area contributed by atoms with Crippen LogP contribution in [0.15, 0.2) is 0 Å². The quantitative estimate of drug-likeness (QED) is 0.746. The first-order chi connectivity index (χ1) is 8.07. The summed E-state index contributed by atoms with van der Waals surface area (Å²) in [6.45, 7) is 2.86. The zero-order valence-electron chi connectivity index (χ0n) is 10.4. The van der Waals surface area contributed by atoms with Crippen molar-refractivity contribution >= 4 is 5.91 Å². The number of amides is 1. The molecule has 1 saturated carbocycles. The number of nitriles is 1. The number of hydrogen-bond donors (Lipinski definition) is 1. The summed E-state index contributed by atoms with van der Waals surface area (Å²) in [6.07, 6.45) is 4.77. The first-order valence-electron chi connectivity index (χ1n) is 6.47. The molecule has 1 aliphatic carbocycles. The maximum atomic E-state index is 11.9. The van der Waals surface area contributed by atoms with Gasteiger partial charge in [-0.25, -0.2) is 0 Å². The second kappa shape index (κ2) is 4.66. The summed E-state index contributed by atoms with van der Waals surface area (Å²) in [4.78, 5) is 13.7. The molecule has 0 aromatic heterocycles. The van der Waals surface area contributed by atoms with Gasteiger partial charge in [-0.15, -0.1) is 0 Å². The van der Waals surface area contributed by atoms with Crippen molar-refractivity contribution in [3.8, 4) is 6.07 Å². The number of fused-ring (bicyclic) bond motifs is 1. The highest BCUT2D eigenvalue weighted by atomic mass is 16.3. The molecule has 2 fully saturated rings. The normalized spacial score (nSPS) is 34.6. The maximum absolute atomic E-state index is 11.9. The van der Waals surface area contributed by atoms with Crippen molar-refractivity contribution in [1.82, 2.24) is 4.90 Å². The number of likely N-dealkylation sites (tertiary alicyclic amines) is 1. The Balaban J connectivity index is 2.03. The number of hydrogen-bond acceptors (Lipinski definition) is 3. The fourth-order valence-electron chi connectivity index (χ4n) is 3.10. The van der Waals surface area contributed by atoms with Gasteiger partial charge >= 0.3 is 0 Å². The van der Waals surface area contributed by atoms with E-state index in [0.29, 0.717) is 19.5 Å². The third-order valence-corrected chi connectivity index (χ3v) is 4.30. The smallest absolute Gasteiger partial charge is 0.239 e. The van der Waals surface area contributed by atoms with E-state index in [9.17, 15) is 9.90 Å². The maximum Gasteiger partial charge on any atom is 0.239 e. The Kier molecular flexibility index (Phi) is 3.39. The minimum atomic E-state index is -0.565. The summed E-state index contributed by atoms with van der Waals surface area (Å²) >= 11 is 0. The third kappa shape index (κ3) is 2.30. The van der Waals surface area contributed by atoms with Crippen molar-refractivity contribution in [3.63, 3.8) is 0 Å². The molecule has 4 nitrogen and oxygen atoms in total. The van der Waals surface area contributed by atoms with Crippen molar-refractivity contribution in [3.05, 3.63) is 0 Å². The van der Waals surface area contributed by atoms with Gasteiger partial charge in [-0.3, -0.25) is 4.79 Å². The van der Waals surface area contributed by atoms with Gasteiger partial charge in [0, 0.05) is 19.0 Å². The SMILES string of the molecule is CC(C#N)C(=O)N1CCC2(O)CCCCC2C1. The molecule has 1 N–H and O–H groups in total. The fraction of sp³-hybridized carbons (Fsp3) is 0.846. The average Bonchev–Trinajstić information content (AvgIpc) is 2.35. The molecule has 4 heteroatoms. The summed E-state index contributed by atoms with van der Waals surface area (Å²) < 4.78 is 0. The monoisotopic (exact) mass is 236 g/mol. The van der Waals surface area contributed by atoms with E-state index in [1.54, 1.807) is 11.8 Å². The predicted molar refractivity (Wildman–Crippen MR) is 62.9 cm³/mol. The van der Waals surface area contributed by atoms with Crippen LogP contribution in [0.1, 0.15) is 39.0 Å². The third-order valence-electron chi connectivity index (χ3n) is 4.30. The van der Waals surface area contributed by atoms with Gasteiger partial charge in [-0.1, -0.05) is 12.8 Å². The first-order valence-corrected chi connectivity index (χ1v) is 6.47. The van der Waals surface area contributed by atoms with Crippen molar-refractivity contribution in [2.75, 3.05) is 13.1 Å². The molecule has 1 heterocycles. The molecule has 1 aliphatic heterocycles. The van der Waals surface area contributed by atoms with Gasteiger partial charge in [0.2, 0.25) is 5.91 Å². The van der Waals surface area contributed by atoms with Crippen LogP contribution in [0.2, 0.25) is 0 Å². The molecule has 0 bridgehead atoms. The second-order valence-corrected chi connectivity index (χ2v) is 5.43. The van der Waals surface area contributed by atoms with E-state index in [0.717, 1.165) is 25.7 Å². The number of aliphatic hydroxyl groups is 1. The van der Waals surface area contributed by atoms with Gasteiger partial charge in [0.05, 0.1) is 11.7 Å². The first kappa shape index (κ1) is 12.4. The van der Waals surface area contributed by atoms with Gasteiger partial charge in [0.25, 0.3) is 0 Å². The molecule has 2 rings (SSSR count). The van der Waals surface area contributed by atoms with E-state index in [4.69, 9.17) is 5.26 Å². The number of nitrogens with zero attached hydrogens (tertiary/aromatic N) is 2. The zero-order chi connectivity index (χ0) is 12.5. The Bertz CT molecular complexity index is 350. The lowest BCUT2D eigenvalue weighted by molar-refractivity contribution is -0.145. The zero-order valence-corrected chi connectivity index (χ0v) is 10.4. The summed E-state index contributed by atoms with van der Waals surface area (Å²) in [5, 5.41) is 19.3. The number of carbonyl (C=O) groups is 1. The van der Waals surface area contributed by atoms with Gasteiger partial charge in [-0.05, 0) is 26.2 Å². The van der Waals surface area contributed by atoms with Gasteiger partial charge in [-0.2, -0.15) is 5.26 Å². The molecular formula is C13H20N2O2. The van der Waals surface area contributed by atoms with Gasteiger partial charge in [0.1, 0.15) is 5.92 Å². The highest BCUT2D eigenvalue weighted by Crippen LogP contribution is 2.39. The summed E-state index contributed by atoms with van der Waals surface area (Å²) in [7, 11) is 0. The van der Waals surface area contributed by atoms with Crippen molar-refractivity contribution < 1.29 is 9.90 Å². The Morgan fingerprint density at radius 2 is 2.29 bits per heavy atom. The standard InChI is InChI=1S/C13H20N2O2/c1-10(8-14)12(16)15-7-6-13(17)5-3-2-4-11(13)9-15/h10-11,17H,2-7,9H2,1H3. The van der Waals surface area contributed by atoms with Crippen molar-refractivity contribution in [1.29, 1.82) is 5.26 Å². The molecule has 0 spiro atoms. The highest BCUT2D eigenvalue weighted by Gasteiger charge is 2.44. The lowest BCUT2D eigenvalue weighted by Crippen LogP contribution is -2.55. The summed E-state index contributed by atoms with van der Waals surface area (Å²) in [5.74, 6) is -0.440. The van der Waals surface area contributed by atoms with Gasteiger partial charge in [0.15, 0.2) is 0 Å². The molecule has 0 radical (unpaired) electrons. The molecular weight excluding hydrogens is 216 g/mol. The topological polar surface area (TPSA) is 64.3 Å². The summed E-state index contributed by atoms with van der Waals surface area (Å²) in [6, 6.07) is 1.99. The van der Waals surface area contributed by atoms with E-state index >= 15 is 0 Å². The molecule has 2 aliphatic rings. The van der Waals surface area contributed by atoms with Crippen LogP contribution in [-0.4, -0.2) is 34.6 Å². The Morgan fingerprint density at radius 1 is 1.53 bits per heavy atom. The van der Waals surface area contributed by atoms with Gasteiger partial charge < -0.3 is 10.0 Å². The van der Waals surface area contributed by atoms with Crippen LogP contribution >= 0.6 is 0 Å². The van der Waals surface area contributed by atoms with Crippen molar-refractivity contribution in [2.24, 2.45) is 11.8 Å². The van der Waals surface area contributed by atoms with E-state index in [2.05, 4.69) is 0 Å². The van der Waals surface area contributed by atoms with E-state index < -0.39 is 11.5 Å². The highest BCUT2D eigenvalue weighted by molar-refractivity contribution is 5.80. The van der Waals surface area contributed by atoms with Crippen LogP contribution in [0.25, 0.3) is 0 Å². The van der Waals surface area contributed by atoms with E-state index in [1.165, 1.54) is 0 Å². The minimum absolute atomic E-state index is 0.0832. The molecule has 0 aromatic rings. The number of carbonyl (C=O) groups excluding carboxylic acids is 1. The van der Waals surface area contributed by atoms with E-state index in [1.807, 2.05) is 6.07 Å². The minimum Gasteiger partial charge on any atom is -0.389 e. The lowest BCUT2D eigenvalue weighted by atomic mass is 9.71. The van der Waals surface area contributed by atoms with Crippen LogP contribution < -0.4 is 0 Å². The van der Waals surface area contributed by atoms with Crippen LogP contribution in [0.5, 0.6) is 0 Å². The Labute approximate surface area is 102 Å². The van der Waals surface area contributed by atoms with Crippen molar-refractivity contribution in [2.45, 2.75) is 44.6 Å². The molecule has 1 amide bonds. The van der Waals surface area contributed by atoms with Crippen LogP contribution in [0.4, 0.5) is 0 Å². The van der Waals surface area contributed by atoms with E-state index in [-0.39, 0.29) is 11.8 Å². The van der Waals surface area contributed by atoms with Crippen LogP contribution in [0.3, 0.4) is 0 Å². The molecule has 3 atom stereocenters. The molecule has 1 saturated heterocycles. The largest absolute Gasteiger partial charge is 0.389 e. The molecule has 0 aromatic carbocycles. The summed E-state index contributed by atoms with van der Waals surface area (Å²) in [5.41, 5.74) is -0.551. The number of rotatable bonds is 1. The fourth-order valence-corrected chi connectivity index (χ4v) is 3.10. The number of piperidine rings is 1. The Hall–Kier alpha value is -1.08. The molecule has 94 valence electrons. The van der Waals surface area contributed by atoms with Crippen LogP contribution in [-0.2, 0) is 4.79 Å². The Morgan fingerprint density at radius 3 is 3.00 bits per heavy atom. The predicted octanol–water partition coefficient (Wildman–Crippen LogP) is 1.30. The second-order valence-electron chi connectivity index (χ2n) is 5.43. The molecule has 3 unspecified atom stereocenters.